The maximum atomic E-state index is 12.5. The second-order valence-corrected chi connectivity index (χ2v) is 4.60. The van der Waals surface area contributed by atoms with Crippen LogP contribution in [0.25, 0.3) is 0 Å². The molecule has 0 spiro atoms. The van der Waals surface area contributed by atoms with Crippen LogP contribution < -0.4 is 0 Å². The molecule has 2 heterocycles. The zero-order valence-electron chi connectivity index (χ0n) is 11.3. The minimum atomic E-state index is -0.462. The average Bonchev–Trinajstić information content (AvgIpc) is 2.84. The number of rotatable bonds is 3. The smallest absolute Gasteiger partial charge is 0.328 e. The first-order valence-corrected chi connectivity index (χ1v) is 6.60. The molecule has 0 aromatic carbocycles. The molecule has 1 aromatic heterocycles. The van der Waals surface area contributed by atoms with E-state index in [4.69, 9.17) is 4.74 Å². The van der Waals surface area contributed by atoms with Crippen LogP contribution in [0, 0.1) is 0 Å². The highest BCUT2D eigenvalue weighted by molar-refractivity contribution is 5.95. The number of carbonyl (C=O) groups excluding carboxylic acids is 2. The van der Waals surface area contributed by atoms with E-state index in [2.05, 4.69) is 5.10 Å². The molecular formula is C13H19N3O3. The lowest BCUT2D eigenvalue weighted by Gasteiger charge is -2.33. The maximum absolute atomic E-state index is 12.5. The zero-order valence-corrected chi connectivity index (χ0v) is 11.3. The van der Waals surface area contributed by atoms with Gasteiger partial charge in [0, 0.05) is 19.8 Å². The SMILES string of the molecule is CCOC(=O)C1CCCCN1C(=O)c1ccnn1C. The van der Waals surface area contributed by atoms with Crippen LogP contribution in [-0.4, -0.2) is 45.8 Å². The summed E-state index contributed by atoms with van der Waals surface area (Å²) in [6.45, 7) is 2.70. The Morgan fingerprint density at radius 3 is 2.89 bits per heavy atom. The van der Waals surface area contributed by atoms with Gasteiger partial charge in [-0.25, -0.2) is 4.79 Å². The molecular weight excluding hydrogens is 246 g/mol. The van der Waals surface area contributed by atoms with E-state index in [1.807, 2.05) is 0 Å². The molecule has 0 saturated carbocycles. The number of aromatic nitrogens is 2. The van der Waals surface area contributed by atoms with Gasteiger partial charge in [-0.3, -0.25) is 9.48 Å². The fraction of sp³-hybridized carbons (Fsp3) is 0.615. The molecule has 2 rings (SSSR count). The number of hydrogen-bond acceptors (Lipinski definition) is 4. The first kappa shape index (κ1) is 13.6. The van der Waals surface area contributed by atoms with Crippen LogP contribution in [-0.2, 0) is 16.6 Å². The lowest BCUT2D eigenvalue weighted by Crippen LogP contribution is -2.49. The molecule has 1 aromatic rings. The van der Waals surface area contributed by atoms with Crippen molar-refractivity contribution in [3.63, 3.8) is 0 Å². The van der Waals surface area contributed by atoms with Gasteiger partial charge in [0.15, 0.2) is 0 Å². The molecule has 6 nitrogen and oxygen atoms in total. The summed E-state index contributed by atoms with van der Waals surface area (Å²) in [6, 6.07) is 1.20. The van der Waals surface area contributed by atoms with Gasteiger partial charge >= 0.3 is 5.97 Å². The van der Waals surface area contributed by atoms with Crippen LogP contribution in [0.15, 0.2) is 12.3 Å². The second-order valence-electron chi connectivity index (χ2n) is 4.60. The van der Waals surface area contributed by atoms with Crippen LogP contribution in [0.3, 0.4) is 0 Å². The summed E-state index contributed by atoms with van der Waals surface area (Å²) in [5.41, 5.74) is 0.496. The van der Waals surface area contributed by atoms with Gasteiger partial charge in [0.1, 0.15) is 11.7 Å². The number of amides is 1. The van der Waals surface area contributed by atoms with Crippen LogP contribution in [0.5, 0.6) is 0 Å². The molecule has 1 aliphatic rings. The molecule has 0 bridgehead atoms. The number of likely N-dealkylation sites (tertiary alicyclic amines) is 1. The van der Waals surface area contributed by atoms with Crippen molar-refractivity contribution in [3.05, 3.63) is 18.0 Å². The summed E-state index contributed by atoms with van der Waals surface area (Å²) in [5, 5.41) is 3.99. The molecule has 1 atom stereocenters. The van der Waals surface area contributed by atoms with Crippen LogP contribution in [0.2, 0.25) is 0 Å². The number of esters is 1. The summed E-state index contributed by atoms with van der Waals surface area (Å²) in [6.07, 6.45) is 4.11. The third-order valence-electron chi connectivity index (χ3n) is 3.36. The van der Waals surface area contributed by atoms with Crippen LogP contribution in [0.4, 0.5) is 0 Å². The molecule has 0 aliphatic carbocycles. The molecule has 1 aliphatic heterocycles. The van der Waals surface area contributed by atoms with Gasteiger partial charge in [0.05, 0.1) is 6.61 Å². The molecule has 1 unspecified atom stereocenters. The molecule has 0 radical (unpaired) electrons. The summed E-state index contributed by atoms with van der Waals surface area (Å²) in [7, 11) is 1.72. The topological polar surface area (TPSA) is 64.4 Å². The summed E-state index contributed by atoms with van der Waals surface area (Å²) >= 11 is 0. The van der Waals surface area contributed by atoms with E-state index in [1.54, 1.807) is 31.1 Å². The van der Waals surface area contributed by atoms with Gasteiger partial charge in [-0.2, -0.15) is 5.10 Å². The van der Waals surface area contributed by atoms with Crippen molar-refractivity contribution in [2.45, 2.75) is 32.2 Å². The normalized spacial score (nSPS) is 19.3. The number of nitrogens with zero attached hydrogens (tertiary/aromatic N) is 3. The lowest BCUT2D eigenvalue weighted by atomic mass is 10.0. The third kappa shape index (κ3) is 2.77. The van der Waals surface area contributed by atoms with Crippen LogP contribution >= 0.6 is 0 Å². The van der Waals surface area contributed by atoms with E-state index in [0.717, 1.165) is 12.8 Å². The van der Waals surface area contributed by atoms with E-state index >= 15 is 0 Å². The van der Waals surface area contributed by atoms with Crippen molar-refractivity contribution in [2.75, 3.05) is 13.2 Å². The van der Waals surface area contributed by atoms with Gasteiger partial charge in [0.25, 0.3) is 5.91 Å². The molecule has 19 heavy (non-hydrogen) atoms. The Kier molecular flexibility index (Phi) is 4.19. The van der Waals surface area contributed by atoms with Crippen molar-refractivity contribution in [1.82, 2.24) is 14.7 Å². The monoisotopic (exact) mass is 265 g/mol. The summed E-state index contributed by atoms with van der Waals surface area (Å²) in [5.74, 6) is -0.463. The van der Waals surface area contributed by atoms with Crippen molar-refractivity contribution in [2.24, 2.45) is 7.05 Å². The summed E-state index contributed by atoms with van der Waals surface area (Å²) in [4.78, 5) is 26.0. The number of carbonyl (C=O) groups is 2. The molecule has 104 valence electrons. The molecule has 6 heteroatoms. The van der Waals surface area contributed by atoms with Gasteiger partial charge in [-0.1, -0.05) is 0 Å². The van der Waals surface area contributed by atoms with Gasteiger partial charge in [0.2, 0.25) is 0 Å². The number of piperidine rings is 1. The predicted molar refractivity (Wildman–Crippen MR) is 68.5 cm³/mol. The van der Waals surface area contributed by atoms with E-state index in [9.17, 15) is 9.59 Å². The Morgan fingerprint density at radius 2 is 2.26 bits per heavy atom. The number of aryl methyl sites for hydroxylation is 1. The Bertz CT molecular complexity index is 469. The highest BCUT2D eigenvalue weighted by atomic mass is 16.5. The number of hydrogen-bond donors (Lipinski definition) is 0. The Labute approximate surface area is 112 Å². The molecule has 1 fully saturated rings. The second kappa shape index (κ2) is 5.86. The fourth-order valence-electron chi connectivity index (χ4n) is 2.39. The highest BCUT2D eigenvalue weighted by Gasteiger charge is 2.34. The number of ether oxygens (including phenoxy) is 1. The van der Waals surface area contributed by atoms with Crippen molar-refractivity contribution >= 4 is 11.9 Å². The zero-order chi connectivity index (χ0) is 13.8. The third-order valence-corrected chi connectivity index (χ3v) is 3.36. The van der Waals surface area contributed by atoms with Gasteiger partial charge < -0.3 is 9.64 Å². The minimum Gasteiger partial charge on any atom is -0.464 e. The van der Waals surface area contributed by atoms with Crippen molar-refractivity contribution < 1.29 is 14.3 Å². The molecule has 0 N–H and O–H groups in total. The Hall–Kier alpha value is -1.85. The van der Waals surface area contributed by atoms with Gasteiger partial charge in [-0.05, 0) is 32.3 Å². The first-order valence-electron chi connectivity index (χ1n) is 6.60. The Balaban J connectivity index is 2.18. The van der Waals surface area contributed by atoms with Crippen LogP contribution in [0.1, 0.15) is 36.7 Å². The molecule has 1 amide bonds. The molecule has 1 saturated heterocycles. The standard InChI is InChI=1S/C13H19N3O3/c1-3-19-13(18)11-6-4-5-9-16(11)12(17)10-7-8-14-15(10)2/h7-8,11H,3-6,9H2,1-2H3. The minimum absolute atomic E-state index is 0.155. The van der Waals surface area contributed by atoms with Crippen molar-refractivity contribution in [1.29, 1.82) is 0 Å². The predicted octanol–water partition coefficient (Wildman–Crippen LogP) is 0.978. The first-order chi connectivity index (χ1) is 9.15. The average molecular weight is 265 g/mol. The quantitative estimate of drug-likeness (QED) is 0.764. The van der Waals surface area contributed by atoms with Gasteiger partial charge in [-0.15, -0.1) is 0 Å². The van der Waals surface area contributed by atoms with Crippen molar-refractivity contribution in [3.8, 4) is 0 Å². The largest absolute Gasteiger partial charge is 0.464 e. The lowest BCUT2D eigenvalue weighted by molar-refractivity contribution is -0.149. The fourth-order valence-corrected chi connectivity index (χ4v) is 2.39. The Morgan fingerprint density at radius 1 is 1.47 bits per heavy atom. The van der Waals surface area contributed by atoms with E-state index in [-0.39, 0.29) is 11.9 Å². The van der Waals surface area contributed by atoms with E-state index in [1.165, 1.54) is 4.68 Å². The van der Waals surface area contributed by atoms with E-state index < -0.39 is 6.04 Å². The maximum Gasteiger partial charge on any atom is 0.328 e. The summed E-state index contributed by atoms with van der Waals surface area (Å²) < 4.78 is 6.58. The highest BCUT2D eigenvalue weighted by Crippen LogP contribution is 2.20. The van der Waals surface area contributed by atoms with E-state index in [0.29, 0.717) is 25.3 Å².